The monoisotopic (exact) mass is 367 g/mol. The zero-order valence-corrected chi connectivity index (χ0v) is 13.8. The lowest BCUT2D eigenvalue weighted by atomic mass is 9.99. The van der Waals surface area contributed by atoms with E-state index in [0.717, 1.165) is 15.7 Å². The highest BCUT2D eigenvalue weighted by molar-refractivity contribution is 9.10. The van der Waals surface area contributed by atoms with Crippen LogP contribution in [0.4, 0.5) is 5.69 Å². The Labute approximate surface area is 137 Å². The van der Waals surface area contributed by atoms with Crippen LogP contribution in [0.25, 0.3) is 0 Å². The van der Waals surface area contributed by atoms with Gasteiger partial charge in [0.1, 0.15) is 0 Å². The number of hydrogen-bond donors (Lipinski definition) is 1. The summed E-state index contributed by atoms with van der Waals surface area (Å²) in [5, 5.41) is 3.87. The van der Waals surface area contributed by atoms with Gasteiger partial charge in [-0.05, 0) is 39.7 Å². The predicted molar refractivity (Wildman–Crippen MR) is 88.8 cm³/mol. The first kappa shape index (κ1) is 15.9. The van der Waals surface area contributed by atoms with Gasteiger partial charge in [0.15, 0.2) is 0 Å². The molecule has 21 heavy (non-hydrogen) atoms. The molecule has 0 fully saturated rings. The van der Waals surface area contributed by atoms with Crippen molar-refractivity contribution in [2.24, 2.45) is 0 Å². The normalized spacial score (nSPS) is 11.8. The van der Waals surface area contributed by atoms with E-state index < -0.39 is 0 Å². The second kappa shape index (κ2) is 7.48. The highest BCUT2D eigenvalue weighted by Gasteiger charge is 2.21. The van der Waals surface area contributed by atoms with Gasteiger partial charge in [-0.2, -0.15) is 0 Å². The topological polar surface area (TPSA) is 38.3 Å². The third-order valence-corrected chi connectivity index (χ3v) is 4.04. The summed E-state index contributed by atoms with van der Waals surface area (Å²) in [6.07, 6.45) is 0. The highest BCUT2D eigenvalue weighted by atomic mass is 79.9. The first-order valence-corrected chi connectivity index (χ1v) is 7.60. The maximum absolute atomic E-state index is 12.0. The van der Waals surface area contributed by atoms with Gasteiger partial charge in [0, 0.05) is 21.7 Å². The van der Waals surface area contributed by atoms with Gasteiger partial charge in [0.25, 0.3) is 0 Å². The molecule has 0 aliphatic heterocycles. The molecule has 5 heteroatoms. The van der Waals surface area contributed by atoms with Crippen LogP contribution in [-0.2, 0) is 9.53 Å². The van der Waals surface area contributed by atoms with E-state index in [1.165, 1.54) is 7.11 Å². The Kier molecular flexibility index (Phi) is 5.65. The van der Waals surface area contributed by atoms with Crippen LogP contribution in [0.3, 0.4) is 0 Å². The number of hydrogen-bond acceptors (Lipinski definition) is 3. The van der Waals surface area contributed by atoms with Crippen LogP contribution in [0.2, 0.25) is 5.02 Å². The summed E-state index contributed by atoms with van der Waals surface area (Å²) in [5.74, 6) is -0.645. The lowest BCUT2D eigenvalue weighted by Gasteiger charge is -2.17. The Balaban J connectivity index is 2.16. The van der Waals surface area contributed by atoms with Gasteiger partial charge in [-0.3, -0.25) is 4.79 Å². The van der Waals surface area contributed by atoms with E-state index in [2.05, 4.69) is 21.2 Å². The maximum Gasteiger partial charge on any atom is 0.314 e. The molecule has 0 aliphatic rings. The molecule has 0 heterocycles. The van der Waals surface area contributed by atoms with Crippen LogP contribution >= 0.6 is 27.5 Å². The van der Waals surface area contributed by atoms with Crippen LogP contribution in [-0.4, -0.2) is 19.6 Å². The van der Waals surface area contributed by atoms with Crippen molar-refractivity contribution >= 4 is 39.2 Å². The molecule has 2 rings (SSSR count). The fourth-order valence-electron chi connectivity index (χ4n) is 2.01. The van der Waals surface area contributed by atoms with Gasteiger partial charge >= 0.3 is 5.97 Å². The number of nitrogens with one attached hydrogen (secondary N) is 1. The van der Waals surface area contributed by atoms with Gasteiger partial charge in [0.05, 0.1) is 13.0 Å². The molecule has 0 amide bonds. The molecule has 0 spiro atoms. The molecule has 1 unspecified atom stereocenters. The molecule has 0 bridgehead atoms. The molecular formula is C16H15BrClNO2. The van der Waals surface area contributed by atoms with Gasteiger partial charge in [-0.25, -0.2) is 0 Å². The Hall–Kier alpha value is -1.52. The van der Waals surface area contributed by atoms with Crippen LogP contribution < -0.4 is 5.32 Å². The Morgan fingerprint density at radius 1 is 1.29 bits per heavy atom. The number of rotatable bonds is 5. The third-order valence-electron chi connectivity index (χ3n) is 3.11. The molecular weight excluding hydrogens is 354 g/mol. The van der Waals surface area contributed by atoms with Gasteiger partial charge < -0.3 is 10.1 Å². The van der Waals surface area contributed by atoms with Crippen molar-refractivity contribution in [1.29, 1.82) is 0 Å². The van der Waals surface area contributed by atoms with Gasteiger partial charge in [-0.1, -0.05) is 41.9 Å². The van der Waals surface area contributed by atoms with Crippen molar-refractivity contribution in [1.82, 2.24) is 0 Å². The third kappa shape index (κ3) is 4.22. The van der Waals surface area contributed by atoms with E-state index in [-0.39, 0.29) is 11.9 Å². The molecule has 2 aromatic rings. The lowest BCUT2D eigenvalue weighted by Crippen LogP contribution is -2.22. The SMILES string of the molecule is COC(=O)C(CNc1cc(Cl)ccc1Br)c1ccccc1. The number of methoxy groups -OCH3 is 1. The zero-order valence-electron chi connectivity index (χ0n) is 11.5. The lowest BCUT2D eigenvalue weighted by molar-refractivity contribution is -0.142. The van der Waals surface area contributed by atoms with Crippen molar-refractivity contribution in [3.05, 3.63) is 63.6 Å². The summed E-state index contributed by atoms with van der Waals surface area (Å²) in [5.41, 5.74) is 1.75. The average molecular weight is 369 g/mol. The summed E-state index contributed by atoms with van der Waals surface area (Å²) >= 11 is 9.44. The fourth-order valence-corrected chi connectivity index (χ4v) is 2.57. The van der Waals surface area contributed by atoms with Crippen molar-refractivity contribution in [2.75, 3.05) is 19.0 Å². The van der Waals surface area contributed by atoms with Crippen molar-refractivity contribution in [2.45, 2.75) is 5.92 Å². The van der Waals surface area contributed by atoms with Gasteiger partial charge in [-0.15, -0.1) is 0 Å². The smallest absolute Gasteiger partial charge is 0.314 e. The summed E-state index contributed by atoms with van der Waals surface area (Å²) in [6.45, 7) is 0.426. The number of benzene rings is 2. The van der Waals surface area contributed by atoms with Crippen LogP contribution in [0.5, 0.6) is 0 Å². The molecule has 110 valence electrons. The van der Waals surface area contributed by atoms with Crippen molar-refractivity contribution in [3.63, 3.8) is 0 Å². The van der Waals surface area contributed by atoms with Gasteiger partial charge in [0.2, 0.25) is 0 Å². The second-order valence-electron chi connectivity index (χ2n) is 4.49. The van der Waals surface area contributed by atoms with Crippen molar-refractivity contribution < 1.29 is 9.53 Å². The number of carbonyl (C=O) groups excluding carboxylic acids is 1. The molecule has 0 radical (unpaired) electrons. The summed E-state index contributed by atoms with van der Waals surface area (Å²) < 4.78 is 5.78. The Morgan fingerprint density at radius 2 is 2.00 bits per heavy atom. The molecule has 1 N–H and O–H groups in total. The number of ether oxygens (including phenoxy) is 1. The number of halogens is 2. The number of esters is 1. The Morgan fingerprint density at radius 3 is 2.67 bits per heavy atom. The van der Waals surface area contributed by atoms with Crippen LogP contribution in [0.15, 0.2) is 53.0 Å². The second-order valence-corrected chi connectivity index (χ2v) is 5.78. The molecule has 3 nitrogen and oxygen atoms in total. The van der Waals surface area contributed by atoms with E-state index in [1.54, 1.807) is 6.07 Å². The summed E-state index contributed by atoms with van der Waals surface area (Å²) in [4.78, 5) is 12.0. The quantitative estimate of drug-likeness (QED) is 0.791. The highest BCUT2D eigenvalue weighted by Crippen LogP contribution is 2.27. The van der Waals surface area contributed by atoms with Crippen molar-refractivity contribution in [3.8, 4) is 0 Å². The number of carbonyl (C=O) groups is 1. The first-order valence-electron chi connectivity index (χ1n) is 6.43. The first-order chi connectivity index (χ1) is 10.1. The van der Waals surface area contributed by atoms with E-state index in [0.29, 0.717) is 11.6 Å². The standard InChI is InChI=1S/C16H15BrClNO2/c1-21-16(20)13(11-5-3-2-4-6-11)10-19-15-9-12(18)7-8-14(15)17/h2-9,13,19H,10H2,1H3. The van der Waals surface area contributed by atoms with Crippen LogP contribution in [0.1, 0.15) is 11.5 Å². The predicted octanol–water partition coefficient (Wildman–Crippen LogP) is 4.47. The fraction of sp³-hybridized carbons (Fsp3) is 0.188. The molecule has 0 saturated carbocycles. The maximum atomic E-state index is 12.0. The minimum Gasteiger partial charge on any atom is -0.468 e. The Bertz CT molecular complexity index is 619. The summed E-state index contributed by atoms with van der Waals surface area (Å²) in [7, 11) is 1.40. The molecule has 0 aliphatic carbocycles. The average Bonchev–Trinajstić information content (AvgIpc) is 2.51. The van der Waals surface area contributed by atoms with E-state index in [4.69, 9.17) is 16.3 Å². The van der Waals surface area contributed by atoms with E-state index in [1.807, 2.05) is 42.5 Å². The van der Waals surface area contributed by atoms with Crippen LogP contribution in [0, 0.1) is 0 Å². The molecule has 1 atom stereocenters. The molecule has 0 aromatic heterocycles. The minimum atomic E-state index is -0.373. The number of anilines is 1. The molecule has 0 saturated heterocycles. The summed E-state index contributed by atoms with van der Waals surface area (Å²) in [6, 6.07) is 15.0. The van der Waals surface area contributed by atoms with E-state index >= 15 is 0 Å². The largest absolute Gasteiger partial charge is 0.468 e. The van der Waals surface area contributed by atoms with E-state index in [9.17, 15) is 4.79 Å². The molecule has 2 aromatic carbocycles. The zero-order chi connectivity index (χ0) is 15.2. The minimum absolute atomic E-state index is 0.271.